The first-order valence-electron chi connectivity index (χ1n) is 8.00. The van der Waals surface area contributed by atoms with Crippen LogP contribution in [-0.4, -0.2) is 45.5 Å². The Bertz CT molecular complexity index is 572. The van der Waals surface area contributed by atoms with Crippen molar-refractivity contribution >= 4 is 29.9 Å². The lowest BCUT2D eigenvalue weighted by Gasteiger charge is -2.24. The fourth-order valence-corrected chi connectivity index (χ4v) is 1.89. The highest BCUT2D eigenvalue weighted by Gasteiger charge is 2.16. The van der Waals surface area contributed by atoms with Crippen LogP contribution in [0.15, 0.2) is 23.2 Å². The molecule has 150 valence electrons. The van der Waals surface area contributed by atoms with Gasteiger partial charge in [0.2, 0.25) is 0 Å². The van der Waals surface area contributed by atoms with Gasteiger partial charge in [0.05, 0.1) is 19.3 Å². The third-order valence-electron chi connectivity index (χ3n) is 3.44. The van der Waals surface area contributed by atoms with Crippen molar-refractivity contribution in [3.05, 3.63) is 23.8 Å². The molecule has 0 saturated heterocycles. The minimum absolute atomic E-state index is 0. The van der Waals surface area contributed by atoms with E-state index in [1.807, 2.05) is 20.8 Å². The number of nitrogens with zero attached hydrogens (tertiary/aromatic N) is 1. The van der Waals surface area contributed by atoms with Crippen LogP contribution in [0.25, 0.3) is 0 Å². The third-order valence-corrected chi connectivity index (χ3v) is 3.44. The molecule has 2 N–H and O–H groups in total. The molecule has 0 aromatic heterocycles. The molecule has 0 aliphatic carbocycles. The van der Waals surface area contributed by atoms with Gasteiger partial charge in [-0.3, -0.25) is 0 Å². The van der Waals surface area contributed by atoms with E-state index < -0.39 is 6.61 Å². The second-order valence-corrected chi connectivity index (χ2v) is 5.88. The standard InChI is InChI=1S/C17H27F2N3O3.HI/c1-6-20-16(22-11-17(2,3)24-5)21-10-12-7-8-13(23-4)14(9-12)25-15(18)19;/h7-9,15H,6,10-11H2,1-5H3,(H2,20,21,22);1H. The number of hydrogen-bond acceptors (Lipinski definition) is 4. The number of ether oxygens (including phenoxy) is 3. The number of methoxy groups -OCH3 is 2. The van der Waals surface area contributed by atoms with E-state index >= 15 is 0 Å². The number of nitrogens with one attached hydrogen (secondary N) is 2. The normalized spacial score (nSPS) is 11.8. The summed E-state index contributed by atoms with van der Waals surface area (Å²) in [7, 11) is 3.05. The molecule has 0 atom stereocenters. The molecule has 0 bridgehead atoms. The summed E-state index contributed by atoms with van der Waals surface area (Å²) in [6.45, 7) is 4.52. The van der Waals surface area contributed by atoms with Crippen LogP contribution in [0.1, 0.15) is 26.3 Å². The summed E-state index contributed by atoms with van der Waals surface area (Å²) in [4.78, 5) is 4.45. The maximum absolute atomic E-state index is 12.5. The van der Waals surface area contributed by atoms with Gasteiger partial charge in [-0.1, -0.05) is 6.07 Å². The Hall–Kier alpha value is -1.36. The third kappa shape index (κ3) is 8.84. The minimum atomic E-state index is -2.91. The first-order valence-corrected chi connectivity index (χ1v) is 8.00. The molecular formula is C17H28F2IN3O3. The van der Waals surface area contributed by atoms with Gasteiger partial charge in [-0.2, -0.15) is 8.78 Å². The largest absolute Gasteiger partial charge is 0.493 e. The van der Waals surface area contributed by atoms with E-state index in [0.29, 0.717) is 25.6 Å². The summed E-state index contributed by atoms with van der Waals surface area (Å²) in [6, 6.07) is 4.83. The van der Waals surface area contributed by atoms with Crippen molar-refractivity contribution in [1.29, 1.82) is 0 Å². The van der Waals surface area contributed by atoms with Crippen molar-refractivity contribution in [3.63, 3.8) is 0 Å². The molecule has 0 fully saturated rings. The number of benzene rings is 1. The van der Waals surface area contributed by atoms with Gasteiger partial charge < -0.3 is 24.8 Å². The molecule has 0 unspecified atom stereocenters. The Morgan fingerprint density at radius 3 is 2.42 bits per heavy atom. The second kappa shape index (κ2) is 12.1. The summed E-state index contributed by atoms with van der Waals surface area (Å²) in [5.41, 5.74) is 0.383. The molecule has 0 saturated carbocycles. The number of halogens is 3. The molecule has 9 heteroatoms. The number of rotatable bonds is 9. The molecule has 0 heterocycles. The fourth-order valence-electron chi connectivity index (χ4n) is 1.89. The summed E-state index contributed by atoms with van der Waals surface area (Å²) < 4.78 is 39.8. The quantitative estimate of drug-likeness (QED) is 0.318. The van der Waals surface area contributed by atoms with Gasteiger partial charge in [0.25, 0.3) is 0 Å². The monoisotopic (exact) mass is 487 g/mol. The molecule has 26 heavy (non-hydrogen) atoms. The lowest BCUT2D eigenvalue weighted by Crippen LogP contribution is -2.45. The average Bonchev–Trinajstić information content (AvgIpc) is 2.57. The van der Waals surface area contributed by atoms with Crippen molar-refractivity contribution < 1.29 is 23.0 Å². The van der Waals surface area contributed by atoms with Crippen molar-refractivity contribution in [3.8, 4) is 11.5 Å². The molecule has 6 nitrogen and oxygen atoms in total. The van der Waals surface area contributed by atoms with Crippen LogP contribution in [0.5, 0.6) is 11.5 Å². The van der Waals surface area contributed by atoms with Crippen LogP contribution in [0.4, 0.5) is 8.78 Å². The van der Waals surface area contributed by atoms with E-state index in [-0.39, 0.29) is 41.1 Å². The van der Waals surface area contributed by atoms with Crippen LogP contribution in [-0.2, 0) is 11.3 Å². The summed E-state index contributed by atoms with van der Waals surface area (Å²) in [5.74, 6) is 0.850. The van der Waals surface area contributed by atoms with E-state index in [1.165, 1.54) is 13.2 Å². The van der Waals surface area contributed by atoms with Crippen LogP contribution in [0.2, 0.25) is 0 Å². The zero-order valence-electron chi connectivity index (χ0n) is 15.8. The highest BCUT2D eigenvalue weighted by molar-refractivity contribution is 14.0. The maximum Gasteiger partial charge on any atom is 0.387 e. The van der Waals surface area contributed by atoms with Crippen LogP contribution in [0.3, 0.4) is 0 Å². The van der Waals surface area contributed by atoms with Gasteiger partial charge in [-0.25, -0.2) is 4.99 Å². The predicted molar refractivity (Wildman–Crippen MR) is 109 cm³/mol. The Labute approximate surface area is 170 Å². The second-order valence-electron chi connectivity index (χ2n) is 5.88. The van der Waals surface area contributed by atoms with E-state index in [0.717, 1.165) is 5.56 Å². The van der Waals surface area contributed by atoms with E-state index in [4.69, 9.17) is 9.47 Å². The number of hydrogen-bond donors (Lipinski definition) is 2. The van der Waals surface area contributed by atoms with Crippen molar-refractivity contribution in [2.45, 2.75) is 39.5 Å². The van der Waals surface area contributed by atoms with Crippen LogP contribution in [0, 0.1) is 0 Å². The number of aliphatic imine (C=N–C) groups is 1. The molecular weight excluding hydrogens is 459 g/mol. The van der Waals surface area contributed by atoms with E-state index in [2.05, 4.69) is 20.4 Å². The number of guanidine groups is 1. The molecule has 0 radical (unpaired) electrons. The number of alkyl halides is 2. The Kier molecular flexibility index (Phi) is 11.5. The van der Waals surface area contributed by atoms with Gasteiger partial charge in [-0.15, -0.1) is 24.0 Å². The van der Waals surface area contributed by atoms with E-state index in [1.54, 1.807) is 19.2 Å². The molecule has 0 aliphatic heterocycles. The van der Waals surface area contributed by atoms with Gasteiger partial charge in [0, 0.05) is 20.2 Å². The zero-order chi connectivity index (χ0) is 18.9. The molecule has 1 aromatic carbocycles. The van der Waals surface area contributed by atoms with Gasteiger partial charge >= 0.3 is 6.61 Å². The topological polar surface area (TPSA) is 64.1 Å². The van der Waals surface area contributed by atoms with Crippen LogP contribution < -0.4 is 20.1 Å². The first-order chi connectivity index (χ1) is 11.8. The maximum atomic E-state index is 12.5. The molecule has 0 amide bonds. The first kappa shape index (κ1) is 24.6. The van der Waals surface area contributed by atoms with Gasteiger partial charge in [-0.05, 0) is 38.5 Å². The van der Waals surface area contributed by atoms with Crippen molar-refractivity contribution in [1.82, 2.24) is 10.6 Å². The zero-order valence-corrected chi connectivity index (χ0v) is 18.1. The highest BCUT2D eigenvalue weighted by atomic mass is 127. The Morgan fingerprint density at radius 2 is 1.88 bits per heavy atom. The molecule has 1 rings (SSSR count). The lowest BCUT2D eigenvalue weighted by molar-refractivity contribution is -0.0512. The van der Waals surface area contributed by atoms with Gasteiger partial charge in [0.1, 0.15) is 0 Å². The highest BCUT2D eigenvalue weighted by Crippen LogP contribution is 2.29. The summed E-state index contributed by atoms with van der Waals surface area (Å²) >= 11 is 0. The lowest BCUT2D eigenvalue weighted by atomic mass is 10.1. The smallest absolute Gasteiger partial charge is 0.387 e. The minimum Gasteiger partial charge on any atom is -0.493 e. The molecule has 0 aliphatic rings. The Morgan fingerprint density at radius 1 is 1.19 bits per heavy atom. The van der Waals surface area contributed by atoms with E-state index in [9.17, 15) is 8.78 Å². The average molecular weight is 487 g/mol. The summed E-state index contributed by atoms with van der Waals surface area (Å²) in [6.07, 6.45) is 0. The molecule has 1 aromatic rings. The Balaban J connectivity index is 0.00000625. The predicted octanol–water partition coefficient (Wildman–Crippen LogP) is 3.39. The summed E-state index contributed by atoms with van der Waals surface area (Å²) in [5, 5.41) is 6.32. The van der Waals surface area contributed by atoms with Crippen molar-refractivity contribution in [2.24, 2.45) is 4.99 Å². The SMILES string of the molecule is CCNC(=NCc1ccc(OC)c(OC(F)F)c1)NCC(C)(C)OC.I. The van der Waals surface area contributed by atoms with Crippen LogP contribution >= 0.6 is 24.0 Å². The van der Waals surface area contributed by atoms with Crippen molar-refractivity contribution in [2.75, 3.05) is 27.3 Å². The van der Waals surface area contributed by atoms with Gasteiger partial charge in [0.15, 0.2) is 17.5 Å². The molecule has 0 spiro atoms. The fraction of sp³-hybridized carbons (Fsp3) is 0.588.